The van der Waals surface area contributed by atoms with Crippen LogP contribution in [0.2, 0.25) is 0 Å². The fourth-order valence-electron chi connectivity index (χ4n) is 3.90. The number of carboxylic acids is 1. The molecule has 1 aromatic carbocycles. The number of carbonyl (C=O) groups is 1. The van der Waals surface area contributed by atoms with Crippen molar-refractivity contribution in [3.8, 4) is 10.8 Å². The lowest BCUT2D eigenvalue weighted by Gasteiger charge is -2.23. The summed E-state index contributed by atoms with van der Waals surface area (Å²) in [5.41, 5.74) is -2.10. The molecule has 38 heavy (non-hydrogen) atoms. The van der Waals surface area contributed by atoms with Crippen LogP contribution < -0.4 is 16.0 Å². The molecule has 0 saturated carbocycles. The van der Waals surface area contributed by atoms with Gasteiger partial charge in [0.2, 0.25) is 0 Å². The van der Waals surface area contributed by atoms with Crippen molar-refractivity contribution in [2.45, 2.75) is 59.2 Å². The molecule has 3 aromatic heterocycles. The van der Waals surface area contributed by atoms with E-state index in [1.54, 1.807) is 43.9 Å². The smallest absolute Gasteiger partial charge is 0.333 e. The number of carboxylic acid groups (broad SMARTS) is 1. The number of halogens is 1. The number of aliphatic carboxylic acids is 1. The summed E-state index contributed by atoms with van der Waals surface area (Å²) in [6.07, 6.45) is 3.37. The number of thiophene rings is 1. The number of hydrogen-bond donors (Lipinski definition) is 2. The summed E-state index contributed by atoms with van der Waals surface area (Å²) in [6.45, 7) is 7.86. The Morgan fingerprint density at radius 3 is 2.47 bits per heavy atom. The van der Waals surface area contributed by atoms with Gasteiger partial charge < -0.3 is 14.9 Å². The third-order valence-electron chi connectivity index (χ3n) is 5.83. The third-order valence-corrected chi connectivity index (χ3v) is 7.13. The number of aromatic nitrogens is 4. The lowest BCUT2D eigenvalue weighted by atomic mass is 10.1. The Kier molecular flexibility index (Phi) is 8.58. The first-order valence-electron chi connectivity index (χ1n) is 11.8. The highest BCUT2D eigenvalue weighted by atomic mass is 32.1. The molecule has 0 fully saturated rings. The first kappa shape index (κ1) is 28.8. The fourth-order valence-corrected chi connectivity index (χ4v) is 5.16. The average molecular weight is 547 g/mol. The van der Waals surface area contributed by atoms with E-state index in [0.717, 1.165) is 4.57 Å². The van der Waals surface area contributed by atoms with Gasteiger partial charge in [-0.2, -0.15) is 5.10 Å². The fraction of sp³-hybridized carbons (Fsp3) is 0.385. The molecule has 0 amide bonds. The third kappa shape index (κ3) is 5.55. The summed E-state index contributed by atoms with van der Waals surface area (Å²) in [4.78, 5) is 39.4. The van der Waals surface area contributed by atoms with Crippen molar-refractivity contribution < 1.29 is 24.1 Å². The monoisotopic (exact) mass is 546 g/mol. The van der Waals surface area contributed by atoms with Gasteiger partial charge in [-0.3, -0.25) is 9.36 Å². The maximum absolute atomic E-state index is 13.9. The molecular formula is C26H31FN4O6S. The Bertz CT molecular complexity index is 1560. The van der Waals surface area contributed by atoms with Gasteiger partial charge in [0, 0.05) is 30.6 Å². The minimum Gasteiger partial charge on any atom is -0.496 e. The van der Waals surface area contributed by atoms with Crippen molar-refractivity contribution in [3.63, 3.8) is 0 Å². The zero-order chi connectivity index (χ0) is 28.4. The molecule has 0 spiro atoms. The molecule has 4 rings (SSSR count). The van der Waals surface area contributed by atoms with Crippen molar-refractivity contribution in [2.75, 3.05) is 7.11 Å². The second-order valence-electron chi connectivity index (χ2n) is 9.40. The van der Waals surface area contributed by atoms with Gasteiger partial charge >= 0.3 is 11.7 Å². The highest BCUT2D eigenvalue weighted by molar-refractivity contribution is 7.21. The lowest BCUT2D eigenvalue weighted by Crippen LogP contribution is -2.52. The SMILES string of the molecule is CC(C)O.COc1ccc(F)cc1CCn1c(=O)n(C(C)(C)C(=O)O)c(=O)c2c(C)c(-n3cccn3)sc21. The van der Waals surface area contributed by atoms with E-state index in [4.69, 9.17) is 9.84 Å². The lowest BCUT2D eigenvalue weighted by molar-refractivity contribution is -0.146. The van der Waals surface area contributed by atoms with Gasteiger partial charge in [0.1, 0.15) is 26.9 Å². The number of methoxy groups -OCH3 is 1. The highest BCUT2D eigenvalue weighted by Gasteiger charge is 2.35. The number of benzene rings is 1. The number of fused-ring (bicyclic) bond motifs is 1. The molecule has 0 aliphatic carbocycles. The van der Waals surface area contributed by atoms with E-state index in [1.807, 2.05) is 0 Å². The van der Waals surface area contributed by atoms with Crippen LogP contribution in [-0.2, 0) is 23.3 Å². The van der Waals surface area contributed by atoms with Gasteiger partial charge in [-0.25, -0.2) is 23.2 Å². The zero-order valence-corrected chi connectivity index (χ0v) is 22.9. The molecule has 0 saturated heterocycles. The first-order chi connectivity index (χ1) is 17.8. The molecule has 0 bridgehead atoms. The highest BCUT2D eigenvalue weighted by Crippen LogP contribution is 2.31. The molecule has 0 aliphatic rings. The van der Waals surface area contributed by atoms with E-state index < -0.39 is 28.6 Å². The zero-order valence-electron chi connectivity index (χ0n) is 22.1. The van der Waals surface area contributed by atoms with Crippen molar-refractivity contribution in [2.24, 2.45) is 0 Å². The number of rotatable bonds is 7. The molecule has 12 heteroatoms. The number of ether oxygens (including phenoxy) is 1. The predicted octanol–water partition coefficient (Wildman–Crippen LogP) is 3.32. The molecule has 4 aromatic rings. The Morgan fingerprint density at radius 2 is 1.92 bits per heavy atom. The van der Waals surface area contributed by atoms with E-state index in [0.29, 0.717) is 26.7 Å². The van der Waals surface area contributed by atoms with Crippen LogP contribution >= 0.6 is 11.3 Å². The van der Waals surface area contributed by atoms with Crippen LogP contribution in [0.15, 0.2) is 46.2 Å². The molecule has 3 heterocycles. The second-order valence-corrected chi connectivity index (χ2v) is 10.4. The summed E-state index contributed by atoms with van der Waals surface area (Å²) in [6, 6.07) is 5.84. The molecule has 0 radical (unpaired) electrons. The average Bonchev–Trinajstić information content (AvgIpc) is 3.46. The molecule has 10 nitrogen and oxygen atoms in total. The van der Waals surface area contributed by atoms with Gasteiger partial charge in [-0.05, 0) is 70.9 Å². The van der Waals surface area contributed by atoms with Crippen LogP contribution in [0.3, 0.4) is 0 Å². The van der Waals surface area contributed by atoms with E-state index in [2.05, 4.69) is 5.10 Å². The minimum atomic E-state index is -1.79. The van der Waals surface area contributed by atoms with E-state index in [1.165, 1.54) is 55.1 Å². The Morgan fingerprint density at radius 1 is 1.26 bits per heavy atom. The van der Waals surface area contributed by atoms with Gasteiger partial charge in [0.25, 0.3) is 5.56 Å². The summed E-state index contributed by atoms with van der Waals surface area (Å²) in [7, 11) is 1.47. The maximum Gasteiger partial charge on any atom is 0.333 e. The van der Waals surface area contributed by atoms with Gasteiger partial charge in [-0.1, -0.05) is 11.3 Å². The van der Waals surface area contributed by atoms with Crippen LogP contribution in [0, 0.1) is 12.7 Å². The van der Waals surface area contributed by atoms with E-state index >= 15 is 0 Å². The Labute approximate surface area is 222 Å². The number of hydrogen-bond acceptors (Lipinski definition) is 7. The first-order valence-corrected chi connectivity index (χ1v) is 12.7. The molecule has 204 valence electrons. The van der Waals surface area contributed by atoms with E-state index in [-0.39, 0.29) is 24.5 Å². The minimum absolute atomic E-state index is 0.0730. The largest absolute Gasteiger partial charge is 0.496 e. The quantitative estimate of drug-likeness (QED) is 0.364. The van der Waals surface area contributed by atoms with Crippen LogP contribution in [0.1, 0.15) is 38.8 Å². The topological polar surface area (TPSA) is 129 Å². The molecule has 0 unspecified atom stereocenters. The number of nitrogens with zero attached hydrogens (tertiary/aromatic N) is 4. The van der Waals surface area contributed by atoms with Crippen molar-refractivity contribution in [1.82, 2.24) is 18.9 Å². The molecule has 2 N–H and O–H groups in total. The standard InChI is InChI=1S/C23H23FN4O5S.C3H8O/c1-13-17-18(29)28(23(2,3)21(30)31)22(32)26(20(17)34-19(13)27-10-5-9-25-27)11-8-14-12-15(24)6-7-16(14)33-4;1-3(2)4/h5-7,9-10,12H,8,11H2,1-4H3,(H,30,31);3-4H,1-2H3. The second kappa shape index (κ2) is 11.3. The maximum atomic E-state index is 13.9. The summed E-state index contributed by atoms with van der Waals surface area (Å²) < 4.78 is 22.9. The summed E-state index contributed by atoms with van der Waals surface area (Å²) in [5.74, 6) is -1.30. The van der Waals surface area contributed by atoms with Crippen LogP contribution in [-0.4, -0.2) is 48.3 Å². The summed E-state index contributed by atoms with van der Waals surface area (Å²) >= 11 is 1.21. The Hall–Kier alpha value is -3.77. The molecule has 0 aliphatic heterocycles. The van der Waals surface area contributed by atoms with Gasteiger partial charge in [-0.15, -0.1) is 0 Å². The number of aliphatic hydroxyl groups is 1. The van der Waals surface area contributed by atoms with Crippen LogP contribution in [0.25, 0.3) is 15.2 Å². The normalized spacial score (nSPS) is 11.5. The van der Waals surface area contributed by atoms with E-state index in [9.17, 15) is 23.9 Å². The number of aliphatic hydroxyl groups excluding tert-OH is 1. The van der Waals surface area contributed by atoms with Crippen molar-refractivity contribution in [1.29, 1.82) is 0 Å². The molecule has 0 atom stereocenters. The molecular weight excluding hydrogens is 515 g/mol. The number of aryl methyl sites for hydroxylation is 3. The van der Waals surface area contributed by atoms with Crippen LogP contribution in [0.5, 0.6) is 5.75 Å². The van der Waals surface area contributed by atoms with Gasteiger partial charge in [0.05, 0.1) is 12.5 Å². The predicted molar refractivity (Wildman–Crippen MR) is 143 cm³/mol. The van der Waals surface area contributed by atoms with Crippen LogP contribution in [0.4, 0.5) is 4.39 Å². The Balaban J connectivity index is 0.000000934. The summed E-state index contributed by atoms with van der Waals surface area (Å²) in [5, 5.41) is 22.9. The van der Waals surface area contributed by atoms with Crippen molar-refractivity contribution in [3.05, 3.63) is 74.4 Å². The van der Waals surface area contributed by atoms with Gasteiger partial charge in [0.15, 0.2) is 0 Å². The van der Waals surface area contributed by atoms with Crippen molar-refractivity contribution >= 4 is 27.5 Å².